The van der Waals surface area contributed by atoms with Crippen molar-refractivity contribution < 1.29 is 4.74 Å². The molecule has 5 heteroatoms. The molecule has 0 bridgehead atoms. The van der Waals surface area contributed by atoms with Crippen LogP contribution in [-0.4, -0.2) is 16.1 Å². The van der Waals surface area contributed by atoms with Gasteiger partial charge in [-0.3, -0.25) is 0 Å². The summed E-state index contributed by atoms with van der Waals surface area (Å²) >= 11 is 1.36. The molecule has 1 aromatic carbocycles. The Hall–Kier alpha value is -1.62. The maximum atomic E-state index is 5.81. The molecular weight excluding hydrogens is 246 g/mol. The molecule has 4 nitrogen and oxygen atoms in total. The molecule has 0 atom stereocenters. The van der Waals surface area contributed by atoms with Crippen molar-refractivity contribution in [1.82, 2.24) is 9.59 Å². The van der Waals surface area contributed by atoms with Gasteiger partial charge >= 0.3 is 0 Å². The number of nitrogens with zero attached hydrogens (tertiary/aromatic N) is 2. The Morgan fingerprint density at radius 3 is 2.94 bits per heavy atom. The normalized spacial score (nSPS) is 10.4. The van der Waals surface area contributed by atoms with Gasteiger partial charge in [0.05, 0.1) is 0 Å². The minimum Gasteiger partial charge on any atom is -0.487 e. The summed E-state index contributed by atoms with van der Waals surface area (Å²) in [5.41, 5.74) is 3.27. The quantitative estimate of drug-likeness (QED) is 0.900. The monoisotopic (exact) mass is 263 g/mol. The SMILES string of the molecule is CCNc1snnc1COc1cccc(C)c1C. The van der Waals surface area contributed by atoms with Crippen LogP contribution in [0, 0.1) is 13.8 Å². The van der Waals surface area contributed by atoms with Crippen molar-refractivity contribution in [2.24, 2.45) is 0 Å². The van der Waals surface area contributed by atoms with Gasteiger partial charge in [-0.15, -0.1) is 5.10 Å². The van der Waals surface area contributed by atoms with Gasteiger partial charge < -0.3 is 10.1 Å². The maximum Gasteiger partial charge on any atom is 0.136 e. The van der Waals surface area contributed by atoms with Crippen molar-refractivity contribution in [1.29, 1.82) is 0 Å². The highest BCUT2D eigenvalue weighted by molar-refractivity contribution is 7.10. The van der Waals surface area contributed by atoms with Crippen LogP contribution in [0.1, 0.15) is 23.7 Å². The molecule has 2 rings (SSSR count). The minimum absolute atomic E-state index is 0.448. The summed E-state index contributed by atoms with van der Waals surface area (Å²) in [6, 6.07) is 6.06. The second-order valence-electron chi connectivity index (χ2n) is 4.07. The number of rotatable bonds is 5. The number of aryl methyl sites for hydroxylation is 1. The van der Waals surface area contributed by atoms with E-state index in [9.17, 15) is 0 Å². The van der Waals surface area contributed by atoms with Crippen LogP contribution >= 0.6 is 11.5 Å². The smallest absolute Gasteiger partial charge is 0.136 e. The Balaban J connectivity index is 2.07. The van der Waals surface area contributed by atoms with Crippen molar-refractivity contribution in [2.45, 2.75) is 27.4 Å². The summed E-state index contributed by atoms with van der Waals surface area (Å²) in [5, 5.41) is 8.30. The van der Waals surface area contributed by atoms with E-state index < -0.39 is 0 Å². The molecule has 1 N–H and O–H groups in total. The van der Waals surface area contributed by atoms with Crippen molar-refractivity contribution in [3.8, 4) is 5.75 Å². The second-order valence-corrected chi connectivity index (χ2v) is 4.82. The van der Waals surface area contributed by atoms with Crippen LogP contribution in [0.5, 0.6) is 5.75 Å². The summed E-state index contributed by atoms with van der Waals surface area (Å²) in [4.78, 5) is 0. The van der Waals surface area contributed by atoms with Gasteiger partial charge in [-0.05, 0) is 38.0 Å². The van der Waals surface area contributed by atoms with Gasteiger partial charge in [-0.1, -0.05) is 16.6 Å². The topological polar surface area (TPSA) is 47.0 Å². The van der Waals surface area contributed by atoms with Gasteiger partial charge in [0.25, 0.3) is 0 Å². The Morgan fingerprint density at radius 2 is 2.17 bits per heavy atom. The van der Waals surface area contributed by atoms with E-state index in [0.29, 0.717) is 6.61 Å². The fourth-order valence-corrected chi connectivity index (χ4v) is 2.26. The van der Waals surface area contributed by atoms with Crippen LogP contribution in [0.3, 0.4) is 0 Å². The van der Waals surface area contributed by atoms with E-state index in [1.807, 2.05) is 12.1 Å². The van der Waals surface area contributed by atoms with E-state index in [-0.39, 0.29) is 0 Å². The van der Waals surface area contributed by atoms with Crippen LogP contribution in [0.15, 0.2) is 18.2 Å². The molecule has 0 aliphatic rings. The molecule has 0 fully saturated rings. The summed E-state index contributed by atoms with van der Waals surface area (Å²) in [6.45, 7) is 7.50. The molecule has 2 aromatic rings. The van der Waals surface area contributed by atoms with Gasteiger partial charge in [0.15, 0.2) is 0 Å². The molecule has 0 spiro atoms. The van der Waals surface area contributed by atoms with Gasteiger partial charge in [-0.2, -0.15) is 0 Å². The first-order valence-electron chi connectivity index (χ1n) is 5.96. The van der Waals surface area contributed by atoms with Crippen molar-refractivity contribution in [2.75, 3.05) is 11.9 Å². The molecule has 0 aliphatic heterocycles. The summed E-state index contributed by atoms with van der Waals surface area (Å²) in [7, 11) is 0. The first-order chi connectivity index (χ1) is 8.72. The van der Waals surface area contributed by atoms with Crippen molar-refractivity contribution >= 4 is 16.5 Å². The number of nitrogens with one attached hydrogen (secondary N) is 1. The third-order valence-corrected chi connectivity index (χ3v) is 3.54. The van der Waals surface area contributed by atoms with E-state index in [1.54, 1.807) is 0 Å². The lowest BCUT2D eigenvalue weighted by Crippen LogP contribution is -2.03. The van der Waals surface area contributed by atoms with Crippen molar-refractivity contribution in [3.05, 3.63) is 35.0 Å². The molecule has 0 aliphatic carbocycles. The van der Waals surface area contributed by atoms with Gasteiger partial charge in [0, 0.05) is 18.1 Å². The van der Waals surface area contributed by atoms with E-state index in [0.717, 1.165) is 23.0 Å². The Kier molecular flexibility index (Phi) is 4.15. The maximum absolute atomic E-state index is 5.81. The first-order valence-corrected chi connectivity index (χ1v) is 6.73. The summed E-state index contributed by atoms with van der Waals surface area (Å²) < 4.78 is 9.76. The van der Waals surface area contributed by atoms with Gasteiger partial charge in [0.1, 0.15) is 23.1 Å². The molecular formula is C13H17N3OS. The first kappa shape index (κ1) is 12.8. The molecule has 0 unspecified atom stereocenters. The fraction of sp³-hybridized carbons (Fsp3) is 0.385. The molecule has 0 saturated carbocycles. The zero-order valence-corrected chi connectivity index (χ0v) is 11.7. The average molecular weight is 263 g/mol. The standard InChI is InChI=1S/C13H17N3OS/c1-4-14-13-11(15-16-18-13)8-17-12-7-5-6-9(2)10(12)3/h5-7,14H,4,8H2,1-3H3. The van der Waals surface area contributed by atoms with Crippen LogP contribution in [-0.2, 0) is 6.61 Å². The number of ether oxygens (including phenoxy) is 1. The number of aromatic nitrogens is 2. The lowest BCUT2D eigenvalue weighted by Gasteiger charge is -2.10. The Bertz CT molecular complexity index is 525. The predicted molar refractivity (Wildman–Crippen MR) is 74.3 cm³/mol. The lowest BCUT2D eigenvalue weighted by atomic mass is 10.1. The van der Waals surface area contributed by atoms with E-state index in [1.165, 1.54) is 22.7 Å². The van der Waals surface area contributed by atoms with Crippen molar-refractivity contribution in [3.63, 3.8) is 0 Å². The Morgan fingerprint density at radius 1 is 1.33 bits per heavy atom. The summed E-state index contributed by atoms with van der Waals surface area (Å²) in [5.74, 6) is 0.908. The molecule has 1 heterocycles. The zero-order valence-electron chi connectivity index (χ0n) is 10.9. The van der Waals surface area contributed by atoms with Crippen LogP contribution in [0.4, 0.5) is 5.00 Å². The Labute approximate surface area is 111 Å². The predicted octanol–water partition coefficient (Wildman–Crippen LogP) is 3.17. The lowest BCUT2D eigenvalue weighted by molar-refractivity contribution is 0.299. The van der Waals surface area contributed by atoms with Crippen LogP contribution in [0.25, 0.3) is 0 Å². The molecule has 0 saturated heterocycles. The molecule has 96 valence electrons. The molecule has 18 heavy (non-hydrogen) atoms. The number of anilines is 1. The van der Waals surface area contributed by atoms with Crippen LogP contribution in [0.2, 0.25) is 0 Å². The summed E-state index contributed by atoms with van der Waals surface area (Å²) in [6.07, 6.45) is 0. The van der Waals surface area contributed by atoms with E-state index in [4.69, 9.17) is 4.74 Å². The minimum atomic E-state index is 0.448. The number of benzene rings is 1. The molecule has 0 amide bonds. The van der Waals surface area contributed by atoms with E-state index in [2.05, 4.69) is 41.7 Å². The number of hydrogen-bond donors (Lipinski definition) is 1. The van der Waals surface area contributed by atoms with Crippen LogP contribution < -0.4 is 10.1 Å². The third-order valence-electron chi connectivity index (χ3n) is 2.81. The van der Waals surface area contributed by atoms with Gasteiger partial charge in [-0.25, -0.2) is 0 Å². The molecule has 1 aromatic heterocycles. The zero-order chi connectivity index (χ0) is 13.0. The third kappa shape index (κ3) is 2.79. The highest BCUT2D eigenvalue weighted by Gasteiger charge is 2.09. The fourth-order valence-electron chi connectivity index (χ4n) is 1.62. The largest absolute Gasteiger partial charge is 0.487 e. The van der Waals surface area contributed by atoms with Gasteiger partial charge in [0.2, 0.25) is 0 Å². The molecule has 0 radical (unpaired) electrons. The highest BCUT2D eigenvalue weighted by atomic mass is 32.1. The highest BCUT2D eigenvalue weighted by Crippen LogP contribution is 2.23. The van der Waals surface area contributed by atoms with E-state index >= 15 is 0 Å². The number of hydrogen-bond acceptors (Lipinski definition) is 5. The second kappa shape index (κ2) is 5.82. The average Bonchev–Trinajstić information content (AvgIpc) is 2.79.